The fourth-order valence-corrected chi connectivity index (χ4v) is 3.70. The highest BCUT2D eigenvalue weighted by molar-refractivity contribution is 7.80. The average Bonchev–Trinajstić information content (AvgIpc) is 2.78. The fraction of sp³-hybridized carbons (Fsp3) is 0.467. The molecule has 2 aromatic rings. The molecule has 1 aliphatic heterocycles. The summed E-state index contributed by atoms with van der Waals surface area (Å²) in [5.74, 6) is 0.825. The Morgan fingerprint density at radius 2 is 2.15 bits per heavy atom. The molecule has 2 heterocycles. The molecule has 0 unspecified atom stereocenters. The van der Waals surface area contributed by atoms with Gasteiger partial charge in [0, 0.05) is 18.8 Å². The quantitative estimate of drug-likeness (QED) is 0.805. The lowest BCUT2D eigenvalue weighted by Gasteiger charge is -2.32. The maximum Gasteiger partial charge on any atom is 0.173 e. The van der Waals surface area contributed by atoms with Gasteiger partial charge in [0.15, 0.2) is 5.11 Å². The Morgan fingerprint density at radius 1 is 1.40 bits per heavy atom. The van der Waals surface area contributed by atoms with Crippen molar-refractivity contribution in [3.8, 4) is 0 Å². The molecule has 0 aliphatic carbocycles. The Bertz CT molecular complexity index is 627. The highest BCUT2D eigenvalue weighted by Crippen LogP contribution is 2.25. The Hall–Kier alpha value is -1.20. The van der Waals surface area contributed by atoms with E-state index in [1.54, 1.807) is 11.3 Å². The van der Waals surface area contributed by atoms with E-state index in [2.05, 4.69) is 40.3 Å². The Labute approximate surface area is 129 Å². The highest BCUT2D eigenvalue weighted by Gasteiger charge is 2.17. The second kappa shape index (κ2) is 5.66. The first-order chi connectivity index (χ1) is 9.61. The molecule has 1 fully saturated rings. The van der Waals surface area contributed by atoms with E-state index in [4.69, 9.17) is 12.2 Å². The van der Waals surface area contributed by atoms with Gasteiger partial charge in [-0.05, 0) is 56.1 Å². The van der Waals surface area contributed by atoms with E-state index < -0.39 is 0 Å². The summed E-state index contributed by atoms with van der Waals surface area (Å²) in [6, 6.07) is 6.25. The van der Waals surface area contributed by atoms with Crippen molar-refractivity contribution in [2.24, 2.45) is 5.92 Å². The van der Waals surface area contributed by atoms with Crippen molar-refractivity contribution in [1.82, 2.24) is 9.88 Å². The molecular formula is C15H19N3S2. The summed E-state index contributed by atoms with van der Waals surface area (Å²) >= 11 is 7.25. The summed E-state index contributed by atoms with van der Waals surface area (Å²) in [6.07, 6.45) is 2.46. The monoisotopic (exact) mass is 305 g/mol. The number of piperidine rings is 1. The third kappa shape index (κ3) is 2.94. The molecular weight excluding hydrogens is 286 g/mol. The van der Waals surface area contributed by atoms with Gasteiger partial charge in [-0.25, -0.2) is 4.98 Å². The SMILES string of the molecule is Cc1nc2ccc(NC(=S)N3CCC(C)CC3)cc2s1. The molecule has 3 nitrogen and oxygen atoms in total. The van der Waals surface area contributed by atoms with E-state index in [0.717, 1.165) is 40.3 Å². The van der Waals surface area contributed by atoms with Crippen molar-refractivity contribution in [3.63, 3.8) is 0 Å². The number of fused-ring (bicyclic) bond motifs is 1. The minimum Gasteiger partial charge on any atom is -0.349 e. The van der Waals surface area contributed by atoms with Gasteiger partial charge >= 0.3 is 0 Å². The van der Waals surface area contributed by atoms with E-state index in [1.165, 1.54) is 17.5 Å². The maximum absolute atomic E-state index is 5.53. The normalized spacial score (nSPS) is 16.6. The van der Waals surface area contributed by atoms with E-state index in [9.17, 15) is 0 Å². The van der Waals surface area contributed by atoms with Crippen LogP contribution in [0.4, 0.5) is 5.69 Å². The number of thiazole rings is 1. The second-order valence-electron chi connectivity index (χ2n) is 5.52. The molecule has 0 saturated carbocycles. The van der Waals surface area contributed by atoms with Crippen molar-refractivity contribution in [2.75, 3.05) is 18.4 Å². The number of hydrogen-bond acceptors (Lipinski definition) is 3. The topological polar surface area (TPSA) is 28.2 Å². The number of aryl methyl sites for hydroxylation is 1. The van der Waals surface area contributed by atoms with Crippen LogP contribution in [0, 0.1) is 12.8 Å². The van der Waals surface area contributed by atoms with Crippen molar-refractivity contribution >= 4 is 44.6 Å². The number of anilines is 1. The first-order valence-electron chi connectivity index (χ1n) is 7.05. The lowest BCUT2D eigenvalue weighted by molar-refractivity contribution is 0.283. The highest BCUT2D eigenvalue weighted by atomic mass is 32.1. The van der Waals surface area contributed by atoms with Crippen LogP contribution in [0.25, 0.3) is 10.2 Å². The van der Waals surface area contributed by atoms with Crippen LogP contribution in [-0.2, 0) is 0 Å². The summed E-state index contributed by atoms with van der Waals surface area (Å²) in [7, 11) is 0. The first-order valence-corrected chi connectivity index (χ1v) is 8.27. The van der Waals surface area contributed by atoms with Crippen LogP contribution in [0.1, 0.15) is 24.8 Å². The van der Waals surface area contributed by atoms with Crippen molar-refractivity contribution in [2.45, 2.75) is 26.7 Å². The Kier molecular flexibility index (Phi) is 3.89. The van der Waals surface area contributed by atoms with Gasteiger partial charge in [0.1, 0.15) is 0 Å². The van der Waals surface area contributed by atoms with Crippen LogP contribution in [0.3, 0.4) is 0 Å². The van der Waals surface area contributed by atoms with E-state index >= 15 is 0 Å². The molecule has 1 saturated heterocycles. The molecule has 5 heteroatoms. The Balaban J connectivity index is 1.70. The number of nitrogens with zero attached hydrogens (tertiary/aromatic N) is 2. The van der Waals surface area contributed by atoms with Gasteiger partial charge in [-0.3, -0.25) is 0 Å². The molecule has 3 rings (SSSR count). The van der Waals surface area contributed by atoms with Gasteiger partial charge in [-0.2, -0.15) is 0 Å². The molecule has 0 spiro atoms. The smallest absolute Gasteiger partial charge is 0.173 e. The predicted octanol–water partition coefficient (Wildman–Crippen LogP) is 4.03. The number of benzene rings is 1. The lowest BCUT2D eigenvalue weighted by Crippen LogP contribution is -2.40. The summed E-state index contributed by atoms with van der Waals surface area (Å²) in [5, 5.41) is 5.31. The summed E-state index contributed by atoms with van der Waals surface area (Å²) in [6.45, 7) is 6.48. The fourth-order valence-electron chi connectivity index (χ4n) is 2.53. The molecule has 0 bridgehead atoms. The number of hydrogen-bond donors (Lipinski definition) is 1. The molecule has 1 aliphatic rings. The van der Waals surface area contributed by atoms with Gasteiger partial charge in [-0.15, -0.1) is 11.3 Å². The summed E-state index contributed by atoms with van der Waals surface area (Å²) in [4.78, 5) is 6.75. The largest absolute Gasteiger partial charge is 0.349 e. The standard InChI is InChI=1S/C15H19N3S2/c1-10-5-7-18(8-6-10)15(19)17-12-3-4-13-14(9-12)20-11(2)16-13/h3-4,9-10H,5-8H2,1-2H3,(H,17,19). The average molecular weight is 305 g/mol. The van der Waals surface area contributed by atoms with Gasteiger partial charge in [0.05, 0.1) is 15.2 Å². The van der Waals surface area contributed by atoms with Crippen molar-refractivity contribution in [3.05, 3.63) is 23.2 Å². The third-order valence-electron chi connectivity index (χ3n) is 3.82. The van der Waals surface area contributed by atoms with Crippen LogP contribution in [-0.4, -0.2) is 28.1 Å². The lowest BCUT2D eigenvalue weighted by atomic mass is 10.00. The van der Waals surface area contributed by atoms with Crippen LogP contribution in [0.15, 0.2) is 18.2 Å². The van der Waals surface area contributed by atoms with Gasteiger partial charge < -0.3 is 10.2 Å². The zero-order valence-corrected chi connectivity index (χ0v) is 13.5. The molecule has 106 valence electrons. The minimum atomic E-state index is 0.825. The van der Waals surface area contributed by atoms with Crippen molar-refractivity contribution < 1.29 is 0 Å². The molecule has 1 N–H and O–H groups in total. The third-order valence-corrected chi connectivity index (χ3v) is 5.11. The van der Waals surface area contributed by atoms with Crippen LogP contribution in [0.5, 0.6) is 0 Å². The number of thiocarbonyl (C=S) groups is 1. The molecule has 1 aromatic carbocycles. The first kappa shape index (κ1) is 13.8. The van der Waals surface area contributed by atoms with Gasteiger partial charge in [0.25, 0.3) is 0 Å². The molecule has 0 atom stereocenters. The minimum absolute atomic E-state index is 0.825. The van der Waals surface area contributed by atoms with Crippen LogP contribution in [0.2, 0.25) is 0 Å². The number of rotatable bonds is 1. The zero-order valence-electron chi connectivity index (χ0n) is 11.8. The Morgan fingerprint density at radius 3 is 2.90 bits per heavy atom. The maximum atomic E-state index is 5.53. The molecule has 0 amide bonds. The van der Waals surface area contributed by atoms with Gasteiger partial charge in [-0.1, -0.05) is 6.92 Å². The number of aromatic nitrogens is 1. The number of nitrogens with one attached hydrogen (secondary N) is 1. The predicted molar refractivity (Wildman–Crippen MR) is 90.5 cm³/mol. The molecule has 1 aromatic heterocycles. The van der Waals surface area contributed by atoms with Crippen LogP contribution < -0.4 is 5.32 Å². The van der Waals surface area contributed by atoms with Crippen molar-refractivity contribution in [1.29, 1.82) is 0 Å². The van der Waals surface area contributed by atoms with Crippen LogP contribution >= 0.6 is 23.6 Å². The molecule has 20 heavy (non-hydrogen) atoms. The molecule has 0 radical (unpaired) electrons. The number of likely N-dealkylation sites (tertiary alicyclic amines) is 1. The summed E-state index contributed by atoms with van der Waals surface area (Å²) < 4.78 is 1.21. The van der Waals surface area contributed by atoms with E-state index in [1.807, 2.05) is 6.92 Å². The van der Waals surface area contributed by atoms with Gasteiger partial charge in [0.2, 0.25) is 0 Å². The van der Waals surface area contributed by atoms with E-state index in [0.29, 0.717) is 0 Å². The zero-order chi connectivity index (χ0) is 14.1. The second-order valence-corrected chi connectivity index (χ2v) is 7.14. The summed E-state index contributed by atoms with van der Waals surface area (Å²) in [5.41, 5.74) is 2.13. The van der Waals surface area contributed by atoms with E-state index in [-0.39, 0.29) is 0 Å².